The average molecular weight is 779 g/mol. The molecule has 0 aliphatic heterocycles. The molecule has 0 aliphatic rings. The number of rotatable bonds is 44. The molecular weight excluding hydrogens is 685 g/mol. The molecule has 0 spiro atoms. The number of esters is 3. The Labute approximate surface area is 342 Å². The topological polar surface area (TPSA) is 78.9 Å². The smallest absolute Gasteiger partial charge is 0.306 e. The second-order valence-corrected chi connectivity index (χ2v) is 17.0. The zero-order chi connectivity index (χ0) is 40.3. The Kier molecular flexibility index (Phi) is 42.3. The van der Waals surface area contributed by atoms with Crippen LogP contribution in [0.25, 0.3) is 0 Å². The monoisotopic (exact) mass is 779 g/mol. The summed E-state index contributed by atoms with van der Waals surface area (Å²) in [6, 6.07) is 0. The van der Waals surface area contributed by atoms with Crippen LogP contribution in [0.2, 0.25) is 0 Å². The van der Waals surface area contributed by atoms with Crippen LogP contribution in [-0.4, -0.2) is 37.2 Å². The Morgan fingerprint density at radius 1 is 0.364 bits per heavy atom. The molecule has 0 aromatic heterocycles. The molecule has 0 heterocycles. The van der Waals surface area contributed by atoms with Crippen LogP contribution in [-0.2, 0) is 28.6 Å². The summed E-state index contributed by atoms with van der Waals surface area (Å²) in [5, 5.41) is 0. The number of hydrogen-bond donors (Lipinski definition) is 0. The molecule has 6 nitrogen and oxygen atoms in total. The van der Waals surface area contributed by atoms with E-state index in [1.807, 2.05) is 0 Å². The molecule has 0 saturated carbocycles. The van der Waals surface area contributed by atoms with Crippen molar-refractivity contribution >= 4 is 17.9 Å². The minimum Gasteiger partial charge on any atom is -0.462 e. The summed E-state index contributed by atoms with van der Waals surface area (Å²) >= 11 is 0. The van der Waals surface area contributed by atoms with Crippen molar-refractivity contribution in [1.82, 2.24) is 0 Å². The maximum Gasteiger partial charge on any atom is 0.306 e. The van der Waals surface area contributed by atoms with Gasteiger partial charge < -0.3 is 14.2 Å². The van der Waals surface area contributed by atoms with Crippen LogP contribution < -0.4 is 0 Å². The second kappa shape index (κ2) is 43.5. The van der Waals surface area contributed by atoms with Crippen molar-refractivity contribution < 1.29 is 28.6 Å². The number of carbonyl (C=O) groups is 3. The molecule has 0 fully saturated rings. The van der Waals surface area contributed by atoms with Gasteiger partial charge in [-0.1, -0.05) is 233 Å². The van der Waals surface area contributed by atoms with Crippen molar-refractivity contribution in [2.45, 2.75) is 278 Å². The fourth-order valence-corrected chi connectivity index (χ4v) is 7.30. The SMILES string of the molecule is CCCCCCCCCCCCC(=O)OC[C@H](COC(=O)CCCCCCC)OC(=O)CCCCCCCCCCCCCCCCCCCCC(C)CC. The third-order valence-corrected chi connectivity index (χ3v) is 11.4. The second-order valence-electron chi connectivity index (χ2n) is 17.0. The van der Waals surface area contributed by atoms with Crippen LogP contribution in [0.15, 0.2) is 0 Å². The van der Waals surface area contributed by atoms with Crippen molar-refractivity contribution in [2.24, 2.45) is 5.92 Å². The molecule has 0 bridgehead atoms. The minimum atomic E-state index is -0.757. The fourth-order valence-electron chi connectivity index (χ4n) is 7.30. The van der Waals surface area contributed by atoms with Gasteiger partial charge in [-0.3, -0.25) is 14.4 Å². The third-order valence-electron chi connectivity index (χ3n) is 11.4. The first-order chi connectivity index (χ1) is 26.9. The largest absolute Gasteiger partial charge is 0.462 e. The van der Waals surface area contributed by atoms with E-state index in [-0.39, 0.29) is 31.1 Å². The Hall–Kier alpha value is -1.59. The lowest BCUT2D eigenvalue weighted by molar-refractivity contribution is -0.167. The molecule has 0 saturated heterocycles. The van der Waals surface area contributed by atoms with E-state index in [1.165, 1.54) is 161 Å². The van der Waals surface area contributed by atoms with Gasteiger partial charge >= 0.3 is 17.9 Å². The third kappa shape index (κ3) is 41.9. The van der Waals surface area contributed by atoms with Crippen molar-refractivity contribution in [3.63, 3.8) is 0 Å². The van der Waals surface area contributed by atoms with Gasteiger partial charge in [0.15, 0.2) is 6.10 Å². The molecule has 0 aromatic rings. The molecule has 6 heteroatoms. The van der Waals surface area contributed by atoms with Gasteiger partial charge in [-0.2, -0.15) is 0 Å². The van der Waals surface area contributed by atoms with Gasteiger partial charge in [-0.25, -0.2) is 0 Å². The van der Waals surface area contributed by atoms with Gasteiger partial charge in [-0.05, 0) is 25.2 Å². The summed E-state index contributed by atoms with van der Waals surface area (Å²) in [5.41, 5.74) is 0. The molecule has 0 amide bonds. The quantitative estimate of drug-likeness (QED) is 0.0348. The first-order valence-corrected chi connectivity index (χ1v) is 24.4. The average Bonchev–Trinajstić information content (AvgIpc) is 3.18. The maximum atomic E-state index is 12.7. The first-order valence-electron chi connectivity index (χ1n) is 24.4. The number of hydrogen-bond acceptors (Lipinski definition) is 6. The molecule has 0 N–H and O–H groups in total. The van der Waals surface area contributed by atoms with E-state index >= 15 is 0 Å². The molecule has 0 aliphatic carbocycles. The van der Waals surface area contributed by atoms with Gasteiger partial charge in [0, 0.05) is 19.3 Å². The lowest BCUT2D eigenvalue weighted by Crippen LogP contribution is -2.30. The van der Waals surface area contributed by atoms with E-state index in [9.17, 15) is 14.4 Å². The Balaban J connectivity index is 4.04. The summed E-state index contributed by atoms with van der Waals surface area (Å²) in [6.45, 7) is 8.97. The standard InChI is InChI=1S/C49H94O6/c1-5-8-10-12-13-14-26-29-33-37-41-48(51)54-44-46(43-53-47(50)40-36-31-11-9-6-2)55-49(52)42-38-34-30-27-24-22-20-18-16-15-17-19-21-23-25-28-32-35-39-45(4)7-3/h45-46H,5-44H2,1-4H3/t45?,46-/m0/s1. The number of unbranched alkanes of at least 4 members (excludes halogenated alkanes) is 30. The van der Waals surface area contributed by atoms with E-state index in [1.54, 1.807) is 0 Å². The summed E-state index contributed by atoms with van der Waals surface area (Å²) < 4.78 is 16.6. The highest BCUT2D eigenvalue weighted by Crippen LogP contribution is 2.17. The highest BCUT2D eigenvalue weighted by molar-refractivity contribution is 5.71. The Morgan fingerprint density at radius 3 is 0.945 bits per heavy atom. The van der Waals surface area contributed by atoms with E-state index in [2.05, 4.69) is 27.7 Å². The lowest BCUT2D eigenvalue weighted by atomic mass is 9.99. The Bertz CT molecular complexity index is 828. The molecule has 55 heavy (non-hydrogen) atoms. The summed E-state index contributed by atoms with van der Waals surface area (Å²) in [6.07, 6.45) is 44.1. The highest BCUT2D eigenvalue weighted by atomic mass is 16.6. The van der Waals surface area contributed by atoms with E-state index in [0.29, 0.717) is 19.3 Å². The normalized spacial score (nSPS) is 12.4. The molecular formula is C49H94O6. The Morgan fingerprint density at radius 2 is 0.636 bits per heavy atom. The molecule has 0 aromatic carbocycles. The van der Waals surface area contributed by atoms with Crippen molar-refractivity contribution in [3.8, 4) is 0 Å². The number of ether oxygens (including phenoxy) is 3. The van der Waals surface area contributed by atoms with Gasteiger partial charge in [0.25, 0.3) is 0 Å². The van der Waals surface area contributed by atoms with E-state index < -0.39 is 6.10 Å². The minimum absolute atomic E-state index is 0.0645. The molecule has 1 unspecified atom stereocenters. The van der Waals surface area contributed by atoms with E-state index in [4.69, 9.17) is 14.2 Å². The van der Waals surface area contributed by atoms with Gasteiger partial charge in [-0.15, -0.1) is 0 Å². The predicted octanol–water partition coefficient (Wildman–Crippen LogP) is 15.5. The van der Waals surface area contributed by atoms with Crippen molar-refractivity contribution in [3.05, 3.63) is 0 Å². The molecule has 0 radical (unpaired) electrons. The number of carbonyl (C=O) groups excluding carboxylic acids is 3. The maximum absolute atomic E-state index is 12.7. The highest BCUT2D eigenvalue weighted by Gasteiger charge is 2.19. The van der Waals surface area contributed by atoms with Crippen LogP contribution in [0.1, 0.15) is 272 Å². The zero-order valence-corrected chi connectivity index (χ0v) is 37.4. The van der Waals surface area contributed by atoms with Crippen LogP contribution in [0.5, 0.6) is 0 Å². The van der Waals surface area contributed by atoms with E-state index in [0.717, 1.165) is 70.1 Å². The lowest BCUT2D eigenvalue weighted by Gasteiger charge is -2.18. The van der Waals surface area contributed by atoms with Crippen molar-refractivity contribution in [1.29, 1.82) is 0 Å². The summed E-state index contributed by atoms with van der Waals surface area (Å²) in [5.74, 6) is 0.0431. The molecule has 326 valence electrons. The van der Waals surface area contributed by atoms with Crippen molar-refractivity contribution in [2.75, 3.05) is 13.2 Å². The van der Waals surface area contributed by atoms with Gasteiger partial charge in [0.1, 0.15) is 13.2 Å². The van der Waals surface area contributed by atoms with Crippen LogP contribution in [0, 0.1) is 5.92 Å². The zero-order valence-electron chi connectivity index (χ0n) is 37.4. The van der Waals surface area contributed by atoms with Crippen LogP contribution in [0.3, 0.4) is 0 Å². The predicted molar refractivity (Wildman–Crippen MR) is 233 cm³/mol. The van der Waals surface area contributed by atoms with Gasteiger partial charge in [0.05, 0.1) is 0 Å². The molecule has 2 atom stereocenters. The molecule has 0 rings (SSSR count). The van der Waals surface area contributed by atoms with Gasteiger partial charge in [0.2, 0.25) is 0 Å². The summed E-state index contributed by atoms with van der Waals surface area (Å²) in [7, 11) is 0. The van der Waals surface area contributed by atoms with Crippen LogP contribution >= 0.6 is 0 Å². The van der Waals surface area contributed by atoms with Crippen LogP contribution in [0.4, 0.5) is 0 Å². The summed E-state index contributed by atoms with van der Waals surface area (Å²) in [4.78, 5) is 37.5. The first kappa shape index (κ1) is 53.4. The fraction of sp³-hybridized carbons (Fsp3) is 0.939.